The van der Waals surface area contributed by atoms with E-state index in [4.69, 9.17) is 4.74 Å². The third-order valence-electron chi connectivity index (χ3n) is 6.60. The summed E-state index contributed by atoms with van der Waals surface area (Å²) in [6, 6.07) is 3.94. The van der Waals surface area contributed by atoms with Crippen LogP contribution in [0, 0.1) is 5.92 Å². The van der Waals surface area contributed by atoms with Crippen LogP contribution in [0.4, 0.5) is 13.2 Å². The van der Waals surface area contributed by atoms with Crippen molar-refractivity contribution in [1.29, 1.82) is 0 Å². The average molecular weight is 591 g/mol. The SMILES string of the molecule is C/C=C\C.CCN(/C=N\N=C\C(C)/C=C/NC(O)C1=CC(c2ccc(C3CC3)nc2)CC=N1)C(C)COCC(F)(F)F. The molecule has 2 N–H and O–H groups in total. The molecule has 4 unspecified atom stereocenters. The van der Waals surface area contributed by atoms with Crippen molar-refractivity contribution in [2.75, 3.05) is 19.8 Å². The Kier molecular flexibility index (Phi) is 15.2. The summed E-state index contributed by atoms with van der Waals surface area (Å²) in [5.41, 5.74) is 2.82. The van der Waals surface area contributed by atoms with Crippen LogP contribution in [0.15, 0.2) is 69.7 Å². The molecule has 42 heavy (non-hydrogen) atoms. The summed E-state index contributed by atoms with van der Waals surface area (Å²) in [5.74, 6) is 0.658. The highest BCUT2D eigenvalue weighted by molar-refractivity contribution is 5.64. The first kappa shape index (κ1) is 34.9. The topological polar surface area (TPSA) is 94.7 Å². The number of likely N-dealkylation sites (N-methyl/N-ethyl adjacent to an activating group) is 1. The van der Waals surface area contributed by atoms with Crippen molar-refractivity contribution in [3.05, 3.63) is 65.8 Å². The molecule has 0 spiro atoms. The van der Waals surface area contributed by atoms with Gasteiger partial charge in [-0.25, -0.2) is 0 Å². The molecule has 0 radical (unpaired) electrons. The van der Waals surface area contributed by atoms with Crippen LogP contribution in [0.3, 0.4) is 0 Å². The lowest BCUT2D eigenvalue weighted by molar-refractivity contribution is -0.176. The van der Waals surface area contributed by atoms with Gasteiger partial charge in [0.05, 0.1) is 18.3 Å². The van der Waals surface area contributed by atoms with Gasteiger partial charge in [-0.1, -0.05) is 37.3 Å². The van der Waals surface area contributed by atoms with E-state index >= 15 is 0 Å². The van der Waals surface area contributed by atoms with Gasteiger partial charge < -0.3 is 20.1 Å². The lowest BCUT2D eigenvalue weighted by Gasteiger charge is -2.25. The Balaban J connectivity index is 0.00000144. The molecular formula is C31H45F3N6O2. The van der Waals surface area contributed by atoms with Gasteiger partial charge in [0, 0.05) is 48.6 Å². The molecule has 1 aliphatic carbocycles. The molecule has 8 nitrogen and oxygen atoms in total. The maximum Gasteiger partial charge on any atom is 0.411 e. The quantitative estimate of drug-likeness (QED) is 0.0867. The van der Waals surface area contributed by atoms with Gasteiger partial charge in [0.15, 0.2) is 6.23 Å². The number of hydrogen-bond donors (Lipinski definition) is 2. The van der Waals surface area contributed by atoms with Crippen molar-refractivity contribution < 1.29 is 23.0 Å². The number of pyridine rings is 1. The van der Waals surface area contributed by atoms with E-state index in [0.29, 0.717) is 18.2 Å². The molecule has 1 aliphatic heterocycles. The maximum absolute atomic E-state index is 12.2. The minimum Gasteiger partial charge on any atom is -0.370 e. The number of aliphatic imine (C=N–C) groups is 1. The molecule has 11 heteroatoms. The van der Waals surface area contributed by atoms with Crippen LogP contribution in [0.25, 0.3) is 0 Å². The number of alkyl halides is 3. The molecule has 1 saturated carbocycles. The fourth-order valence-corrected chi connectivity index (χ4v) is 3.86. The minimum atomic E-state index is -4.34. The average Bonchev–Trinajstić information content (AvgIpc) is 3.82. The Morgan fingerprint density at radius 1 is 1.19 bits per heavy atom. The van der Waals surface area contributed by atoms with Crippen molar-refractivity contribution in [2.45, 2.75) is 84.2 Å². The van der Waals surface area contributed by atoms with Crippen LogP contribution < -0.4 is 5.32 Å². The summed E-state index contributed by atoms with van der Waals surface area (Å²) in [5, 5.41) is 21.5. The molecule has 232 valence electrons. The maximum atomic E-state index is 12.2. The summed E-state index contributed by atoms with van der Waals surface area (Å²) >= 11 is 0. The number of nitrogens with one attached hydrogen (secondary N) is 1. The van der Waals surface area contributed by atoms with E-state index in [2.05, 4.69) is 37.6 Å². The van der Waals surface area contributed by atoms with Crippen molar-refractivity contribution >= 4 is 18.8 Å². The molecular weight excluding hydrogens is 545 g/mol. The summed E-state index contributed by atoms with van der Waals surface area (Å²) < 4.78 is 41.4. The molecule has 2 aliphatic rings. The van der Waals surface area contributed by atoms with Crippen LogP contribution in [0.5, 0.6) is 0 Å². The summed E-state index contributed by atoms with van der Waals surface area (Å²) in [4.78, 5) is 10.7. The van der Waals surface area contributed by atoms with Gasteiger partial charge >= 0.3 is 6.18 Å². The zero-order valence-electron chi connectivity index (χ0n) is 25.2. The third kappa shape index (κ3) is 13.6. The molecule has 0 aromatic carbocycles. The first-order valence-corrected chi connectivity index (χ1v) is 14.4. The normalized spacial score (nSPS) is 19.6. The Bertz CT molecular complexity index is 1090. The Labute approximate surface area is 247 Å². The smallest absolute Gasteiger partial charge is 0.370 e. The highest BCUT2D eigenvalue weighted by atomic mass is 19.4. The van der Waals surface area contributed by atoms with Crippen LogP contribution in [-0.4, -0.2) is 72.0 Å². The first-order valence-electron chi connectivity index (χ1n) is 14.4. The zero-order valence-corrected chi connectivity index (χ0v) is 25.2. The van der Waals surface area contributed by atoms with Crippen LogP contribution in [0.2, 0.25) is 0 Å². The fraction of sp³-hybridized carbons (Fsp3) is 0.548. The number of aliphatic hydroxyl groups excluding tert-OH is 1. The fourth-order valence-electron chi connectivity index (χ4n) is 3.86. The second-order valence-electron chi connectivity index (χ2n) is 10.3. The molecule has 1 fully saturated rings. The van der Waals surface area contributed by atoms with E-state index in [1.54, 1.807) is 24.2 Å². The highest BCUT2D eigenvalue weighted by Gasteiger charge is 2.28. The number of nitrogens with zero attached hydrogens (tertiary/aromatic N) is 5. The highest BCUT2D eigenvalue weighted by Crippen LogP contribution is 2.39. The number of halogens is 3. The van der Waals surface area contributed by atoms with Gasteiger partial charge in [-0.2, -0.15) is 18.3 Å². The van der Waals surface area contributed by atoms with E-state index in [1.165, 1.54) is 19.2 Å². The molecule has 3 rings (SSSR count). The molecule has 2 heterocycles. The zero-order chi connectivity index (χ0) is 31.0. The number of allylic oxidation sites excluding steroid dienone is 4. The first-order chi connectivity index (χ1) is 20.1. The number of ether oxygens (including phenoxy) is 1. The van der Waals surface area contributed by atoms with E-state index in [1.807, 2.05) is 64.4 Å². The second-order valence-corrected chi connectivity index (χ2v) is 10.3. The lowest BCUT2D eigenvalue weighted by atomic mass is 9.94. The van der Waals surface area contributed by atoms with Crippen LogP contribution in [-0.2, 0) is 4.74 Å². The van der Waals surface area contributed by atoms with Crippen molar-refractivity contribution in [3.63, 3.8) is 0 Å². The van der Waals surface area contributed by atoms with Crippen LogP contribution >= 0.6 is 0 Å². The molecule has 0 saturated heterocycles. The summed E-state index contributed by atoms with van der Waals surface area (Å²) in [6.45, 7) is 8.74. The number of aliphatic hydroxyl groups is 1. The largest absolute Gasteiger partial charge is 0.411 e. The molecule has 0 amide bonds. The van der Waals surface area contributed by atoms with Gasteiger partial charge in [0.1, 0.15) is 12.9 Å². The van der Waals surface area contributed by atoms with Crippen LogP contribution in [0.1, 0.15) is 77.0 Å². The lowest BCUT2D eigenvalue weighted by Crippen LogP contribution is -2.36. The number of rotatable bonds is 14. The predicted octanol–water partition coefficient (Wildman–Crippen LogP) is 6.34. The Morgan fingerprint density at radius 2 is 1.93 bits per heavy atom. The van der Waals surface area contributed by atoms with E-state index < -0.39 is 19.0 Å². The van der Waals surface area contributed by atoms with Gasteiger partial charge in [-0.3, -0.25) is 9.98 Å². The monoisotopic (exact) mass is 590 g/mol. The van der Waals surface area contributed by atoms with Gasteiger partial charge in [-0.05, 0) is 64.8 Å². The predicted molar refractivity (Wildman–Crippen MR) is 164 cm³/mol. The minimum absolute atomic E-state index is 0.0684. The third-order valence-corrected chi connectivity index (χ3v) is 6.60. The molecule has 1 aromatic heterocycles. The van der Waals surface area contributed by atoms with E-state index in [0.717, 1.165) is 17.7 Å². The number of aromatic nitrogens is 1. The second kappa shape index (κ2) is 18.3. The van der Waals surface area contributed by atoms with E-state index in [9.17, 15) is 18.3 Å². The van der Waals surface area contributed by atoms with Crippen molar-refractivity contribution in [2.24, 2.45) is 21.1 Å². The Morgan fingerprint density at radius 3 is 2.52 bits per heavy atom. The molecule has 1 aromatic rings. The van der Waals surface area contributed by atoms with E-state index in [-0.39, 0.29) is 24.5 Å². The van der Waals surface area contributed by atoms with Gasteiger partial charge in [0.25, 0.3) is 0 Å². The number of hydrogen-bond acceptors (Lipinski definition) is 7. The van der Waals surface area contributed by atoms with Gasteiger partial charge in [0.2, 0.25) is 0 Å². The Hall–Kier alpha value is -3.31. The standard InChI is InChI=1S/C27H37F3N6O2.C4H8/c1-4-36(20(3)16-38-17-27(28,29)30)18-35-34-14-19(2)9-11-32-26(37)25-13-22(10-12-31-25)23-7-8-24(33-15-23)21-5-6-21;1-3-4-2/h7-9,11-15,18-22,26,32,37H,4-6,10,16-17H2,1-3H3;3-4H,1-2H3/b11-9+,34-14+,35-18-;4-3-. The molecule has 0 bridgehead atoms. The molecule has 4 atom stereocenters. The van der Waals surface area contributed by atoms with Crippen molar-refractivity contribution in [1.82, 2.24) is 15.2 Å². The van der Waals surface area contributed by atoms with Gasteiger partial charge in [-0.15, -0.1) is 5.10 Å². The summed E-state index contributed by atoms with van der Waals surface area (Å²) in [7, 11) is 0. The van der Waals surface area contributed by atoms with Crippen molar-refractivity contribution in [3.8, 4) is 0 Å². The summed E-state index contributed by atoms with van der Waals surface area (Å²) in [6.07, 6.45) is 14.2.